The molecular formula is C13H19FN2O2S. The molecule has 1 aromatic carbocycles. The fraction of sp³-hybridized carbons (Fsp3) is 0.462. The van der Waals surface area contributed by atoms with Crippen molar-refractivity contribution in [3.8, 4) is 0 Å². The van der Waals surface area contributed by atoms with Crippen LogP contribution >= 0.6 is 11.8 Å². The summed E-state index contributed by atoms with van der Waals surface area (Å²) in [5.41, 5.74) is 6.25. The van der Waals surface area contributed by atoms with Crippen molar-refractivity contribution in [3.05, 3.63) is 24.0 Å². The monoisotopic (exact) mass is 286 g/mol. The van der Waals surface area contributed by atoms with E-state index in [1.54, 1.807) is 11.8 Å². The van der Waals surface area contributed by atoms with Crippen molar-refractivity contribution in [1.29, 1.82) is 0 Å². The highest BCUT2D eigenvalue weighted by Gasteiger charge is 2.08. The van der Waals surface area contributed by atoms with Crippen LogP contribution in [0, 0.1) is 5.82 Å². The Labute approximate surface area is 116 Å². The molecule has 6 heteroatoms. The first-order chi connectivity index (χ1) is 9.02. The minimum Gasteiger partial charge on any atom is -0.397 e. The first-order valence-corrected chi connectivity index (χ1v) is 7.15. The quantitative estimate of drug-likeness (QED) is 0.672. The maximum Gasteiger partial charge on any atom is 0.225 e. The number of benzene rings is 1. The number of hydrogen-bond donors (Lipinski definition) is 3. The number of halogens is 1. The molecule has 0 bridgehead atoms. The smallest absolute Gasteiger partial charge is 0.225 e. The minimum absolute atomic E-state index is 0.151. The van der Waals surface area contributed by atoms with Gasteiger partial charge >= 0.3 is 0 Å². The normalized spacial score (nSPS) is 12.2. The van der Waals surface area contributed by atoms with E-state index in [1.165, 1.54) is 18.2 Å². The van der Waals surface area contributed by atoms with Gasteiger partial charge in [0, 0.05) is 24.0 Å². The van der Waals surface area contributed by atoms with Gasteiger partial charge in [-0.05, 0) is 24.6 Å². The summed E-state index contributed by atoms with van der Waals surface area (Å²) in [6, 6.07) is 3.88. The SMILES string of the molecule is CC(CCO)SCCC(=O)Nc1ccc(F)cc1N. The van der Waals surface area contributed by atoms with Crippen molar-refractivity contribution in [2.24, 2.45) is 0 Å². The number of nitrogen functional groups attached to an aromatic ring is 1. The van der Waals surface area contributed by atoms with Gasteiger partial charge in [0.1, 0.15) is 5.82 Å². The average Bonchev–Trinajstić information content (AvgIpc) is 2.33. The molecule has 1 rings (SSSR count). The Kier molecular flexibility index (Phi) is 6.66. The van der Waals surface area contributed by atoms with Crippen molar-refractivity contribution in [1.82, 2.24) is 0 Å². The Morgan fingerprint density at radius 1 is 1.58 bits per heavy atom. The predicted molar refractivity (Wildman–Crippen MR) is 77.7 cm³/mol. The van der Waals surface area contributed by atoms with Gasteiger partial charge in [0.05, 0.1) is 11.4 Å². The van der Waals surface area contributed by atoms with Gasteiger partial charge in [0.25, 0.3) is 0 Å². The number of nitrogens with two attached hydrogens (primary N) is 1. The van der Waals surface area contributed by atoms with Gasteiger partial charge < -0.3 is 16.2 Å². The Morgan fingerprint density at radius 2 is 2.32 bits per heavy atom. The summed E-state index contributed by atoms with van der Waals surface area (Å²) in [4.78, 5) is 11.7. The minimum atomic E-state index is -0.427. The number of aliphatic hydroxyl groups excluding tert-OH is 1. The van der Waals surface area contributed by atoms with Crippen LogP contribution in [0.5, 0.6) is 0 Å². The maximum absolute atomic E-state index is 12.8. The molecule has 0 spiro atoms. The summed E-state index contributed by atoms with van der Waals surface area (Å²) in [6.45, 7) is 2.17. The third-order valence-electron chi connectivity index (χ3n) is 2.55. The van der Waals surface area contributed by atoms with E-state index < -0.39 is 5.82 Å². The van der Waals surface area contributed by atoms with E-state index in [1.807, 2.05) is 6.92 Å². The van der Waals surface area contributed by atoms with Crippen molar-refractivity contribution < 1.29 is 14.3 Å². The lowest BCUT2D eigenvalue weighted by atomic mass is 10.2. The molecule has 106 valence electrons. The number of rotatable bonds is 7. The van der Waals surface area contributed by atoms with Crippen LogP contribution in [0.25, 0.3) is 0 Å². The van der Waals surface area contributed by atoms with Gasteiger partial charge in [-0.25, -0.2) is 4.39 Å². The molecule has 1 atom stereocenters. The molecule has 4 nitrogen and oxygen atoms in total. The summed E-state index contributed by atoms with van der Waals surface area (Å²) >= 11 is 1.63. The number of nitrogens with one attached hydrogen (secondary N) is 1. The molecule has 0 aliphatic rings. The van der Waals surface area contributed by atoms with Crippen LogP contribution in [-0.2, 0) is 4.79 Å². The topological polar surface area (TPSA) is 75.3 Å². The molecule has 19 heavy (non-hydrogen) atoms. The van der Waals surface area contributed by atoms with E-state index in [4.69, 9.17) is 10.8 Å². The summed E-state index contributed by atoms with van der Waals surface area (Å²) in [7, 11) is 0. The van der Waals surface area contributed by atoms with E-state index in [-0.39, 0.29) is 18.2 Å². The van der Waals surface area contributed by atoms with Gasteiger partial charge in [0.2, 0.25) is 5.91 Å². The van der Waals surface area contributed by atoms with Gasteiger partial charge in [-0.2, -0.15) is 11.8 Å². The van der Waals surface area contributed by atoms with E-state index in [2.05, 4.69) is 5.32 Å². The highest BCUT2D eigenvalue weighted by atomic mass is 32.2. The zero-order valence-corrected chi connectivity index (χ0v) is 11.7. The first kappa shape index (κ1) is 15.8. The van der Waals surface area contributed by atoms with Crippen LogP contribution in [-0.4, -0.2) is 28.6 Å². The molecule has 0 heterocycles. The Hall–Kier alpha value is -1.27. The number of amides is 1. The van der Waals surface area contributed by atoms with Crippen molar-refractivity contribution >= 4 is 29.0 Å². The second-order valence-electron chi connectivity index (χ2n) is 4.22. The standard InChI is InChI=1S/C13H19FN2O2S/c1-9(4-6-17)19-7-5-13(18)16-12-3-2-10(14)8-11(12)15/h2-3,8-9,17H,4-7,15H2,1H3,(H,16,18). The van der Waals surface area contributed by atoms with E-state index in [9.17, 15) is 9.18 Å². The molecule has 0 fully saturated rings. The fourth-order valence-electron chi connectivity index (χ4n) is 1.48. The zero-order chi connectivity index (χ0) is 14.3. The number of aliphatic hydroxyl groups is 1. The lowest BCUT2D eigenvalue weighted by Crippen LogP contribution is -2.14. The van der Waals surface area contributed by atoms with Crippen LogP contribution in [0.4, 0.5) is 15.8 Å². The second-order valence-corrected chi connectivity index (χ2v) is 5.77. The number of anilines is 2. The lowest BCUT2D eigenvalue weighted by Gasteiger charge is -2.10. The Balaban J connectivity index is 2.35. The summed E-state index contributed by atoms with van der Waals surface area (Å²) < 4.78 is 12.8. The van der Waals surface area contributed by atoms with Gasteiger partial charge in [-0.1, -0.05) is 6.92 Å². The van der Waals surface area contributed by atoms with Crippen LogP contribution in [0.2, 0.25) is 0 Å². The molecule has 4 N–H and O–H groups in total. The first-order valence-electron chi connectivity index (χ1n) is 6.10. The molecule has 0 saturated heterocycles. The second kappa shape index (κ2) is 8.01. The fourth-order valence-corrected chi connectivity index (χ4v) is 2.46. The Bertz CT molecular complexity index is 429. The van der Waals surface area contributed by atoms with Crippen LogP contribution in [0.15, 0.2) is 18.2 Å². The summed E-state index contributed by atoms with van der Waals surface area (Å²) in [5.74, 6) is 0.0968. The lowest BCUT2D eigenvalue weighted by molar-refractivity contribution is -0.115. The highest BCUT2D eigenvalue weighted by molar-refractivity contribution is 7.99. The number of carbonyl (C=O) groups excluding carboxylic acids is 1. The van der Waals surface area contributed by atoms with Gasteiger partial charge in [0.15, 0.2) is 0 Å². The molecule has 0 radical (unpaired) electrons. The van der Waals surface area contributed by atoms with Crippen molar-refractivity contribution in [3.63, 3.8) is 0 Å². The highest BCUT2D eigenvalue weighted by Crippen LogP contribution is 2.20. The third-order valence-corrected chi connectivity index (χ3v) is 3.80. The molecule has 0 aliphatic heterocycles. The van der Waals surface area contributed by atoms with Gasteiger partial charge in [-0.15, -0.1) is 0 Å². The zero-order valence-electron chi connectivity index (χ0n) is 10.9. The van der Waals surface area contributed by atoms with Gasteiger partial charge in [-0.3, -0.25) is 4.79 Å². The molecule has 1 unspecified atom stereocenters. The van der Waals surface area contributed by atoms with Crippen molar-refractivity contribution in [2.45, 2.75) is 25.0 Å². The average molecular weight is 286 g/mol. The Morgan fingerprint density at radius 3 is 2.95 bits per heavy atom. The number of carbonyl (C=O) groups is 1. The molecular weight excluding hydrogens is 267 g/mol. The molecule has 0 aromatic heterocycles. The maximum atomic E-state index is 12.8. The molecule has 1 aromatic rings. The van der Waals surface area contributed by atoms with Crippen molar-refractivity contribution in [2.75, 3.05) is 23.4 Å². The van der Waals surface area contributed by atoms with Crippen LogP contribution in [0.3, 0.4) is 0 Å². The van der Waals surface area contributed by atoms with E-state index >= 15 is 0 Å². The van der Waals surface area contributed by atoms with E-state index in [0.29, 0.717) is 23.1 Å². The molecule has 0 aliphatic carbocycles. The number of hydrogen-bond acceptors (Lipinski definition) is 4. The third kappa shape index (κ3) is 5.94. The summed E-state index contributed by atoms with van der Waals surface area (Å²) in [5, 5.41) is 11.7. The molecule has 1 amide bonds. The predicted octanol–water partition coefficient (Wildman–Crippen LogP) is 2.24. The van der Waals surface area contributed by atoms with E-state index in [0.717, 1.165) is 6.42 Å². The van der Waals surface area contributed by atoms with Crippen LogP contribution in [0.1, 0.15) is 19.8 Å². The largest absolute Gasteiger partial charge is 0.397 e. The molecule has 0 saturated carbocycles. The summed E-state index contributed by atoms with van der Waals surface area (Å²) in [6.07, 6.45) is 1.08. The van der Waals surface area contributed by atoms with Crippen LogP contribution < -0.4 is 11.1 Å². The number of thioether (sulfide) groups is 1.